The molecule has 3 nitrogen and oxygen atoms in total. The van der Waals surface area contributed by atoms with Crippen LogP contribution in [0.1, 0.15) is 47.5 Å². The smallest absolute Gasteiger partial charge is 0.155 e. The molecule has 0 amide bonds. The van der Waals surface area contributed by atoms with Crippen LogP contribution in [0.5, 0.6) is 0 Å². The lowest BCUT2D eigenvalue weighted by Crippen LogP contribution is -2.30. The van der Waals surface area contributed by atoms with Crippen molar-refractivity contribution in [2.24, 2.45) is 5.92 Å². The van der Waals surface area contributed by atoms with E-state index in [4.69, 9.17) is 0 Å². The first-order valence-corrected chi connectivity index (χ1v) is 7.13. The van der Waals surface area contributed by atoms with Gasteiger partial charge in [0.15, 0.2) is 9.84 Å². The summed E-state index contributed by atoms with van der Waals surface area (Å²) < 4.78 is 22.8. The first-order valence-electron chi connectivity index (χ1n) is 5.48. The molecule has 0 heterocycles. The highest BCUT2D eigenvalue weighted by atomic mass is 32.2. The van der Waals surface area contributed by atoms with Gasteiger partial charge in [0.2, 0.25) is 0 Å². The number of aliphatic hydroxyl groups excluding tert-OH is 1. The van der Waals surface area contributed by atoms with Crippen LogP contribution in [0, 0.1) is 5.92 Å². The van der Waals surface area contributed by atoms with E-state index >= 15 is 0 Å². The Kier molecular flexibility index (Phi) is 5.27. The number of sulfone groups is 1. The fraction of sp³-hybridized carbons (Fsp3) is 1.00. The summed E-state index contributed by atoms with van der Waals surface area (Å²) in [6.45, 7) is 9.00. The van der Waals surface area contributed by atoms with E-state index in [2.05, 4.69) is 0 Å². The maximum atomic E-state index is 11.7. The standard InChI is InChI=1S/C11H24O3S/c1-9(2)10(12)7-6-8-15(13,14)11(3,4)5/h9-10,12H,6-8H2,1-5H3. The first-order chi connectivity index (χ1) is 6.58. The monoisotopic (exact) mass is 236 g/mol. The summed E-state index contributed by atoms with van der Waals surface area (Å²) in [5, 5.41) is 9.53. The van der Waals surface area contributed by atoms with Crippen molar-refractivity contribution >= 4 is 9.84 Å². The van der Waals surface area contributed by atoms with Crippen LogP contribution in [0.25, 0.3) is 0 Å². The van der Waals surface area contributed by atoms with Crippen molar-refractivity contribution in [2.45, 2.75) is 58.3 Å². The Morgan fingerprint density at radius 3 is 2.00 bits per heavy atom. The SMILES string of the molecule is CC(C)C(O)CCCS(=O)(=O)C(C)(C)C. The maximum Gasteiger partial charge on any atom is 0.155 e. The molecule has 0 aliphatic carbocycles. The molecule has 0 bridgehead atoms. The molecule has 0 saturated heterocycles. The average Bonchev–Trinajstić information content (AvgIpc) is 2.01. The molecule has 0 spiro atoms. The van der Waals surface area contributed by atoms with Gasteiger partial charge in [0.1, 0.15) is 0 Å². The number of hydrogen-bond acceptors (Lipinski definition) is 3. The topological polar surface area (TPSA) is 54.4 Å². The van der Waals surface area contributed by atoms with E-state index < -0.39 is 14.6 Å². The third kappa shape index (κ3) is 4.98. The predicted octanol–water partition coefficient (Wildman–Crippen LogP) is 2.00. The van der Waals surface area contributed by atoms with Gasteiger partial charge in [0.25, 0.3) is 0 Å². The van der Waals surface area contributed by atoms with Crippen LogP contribution in [0.4, 0.5) is 0 Å². The minimum absolute atomic E-state index is 0.167. The van der Waals surface area contributed by atoms with Crippen LogP contribution >= 0.6 is 0 Å². The van der Waals surface area contributed by atoms with Crippen LogP contribution in [0.3, 0.4) is 0 Å². The molecule has 1 unspecified atom stereocenters. The van der Waals surface area contributed by atoms with Crippen molar-refractivity contribution in [3.63, 3.8) is 0 Å². The Labute approximate surface area is 93.8 Å². The van der Waals surface area contributed by atoms with Crippen molar-refractivity contribution in [1.29, 1.82) is 0 Å². The highest BCUT2D eigenvalue weighted by Crippen LogP contribution is 2.18. The van der Waals surface area contributed by atoms with Gasteiger partial charge in [-0.1, -0.05) is 13.8 Å². The zero-order chi connectivity index (χ0) is 12.3. The van der Waals surface area contributed by atoms with E-state index in [1.165, 1.54) is 0 Å². The molecule has 0 fully saturated rings. The summed E-state index contributed by atoms with van der Waals surface area (Å²) in [7, 11) is -3.03. The van der Waals surface area contributed by atoms with Gasteiger partial charge in [-0.2, -0.15) is 0 Å². The van der Waals surface area contributed by atoms with Crippen LogP contribution in [-0.4, -0.2) is 30.1 Å². The Morgan fingerprint density at radius 1 is 1.20 bits per heavy atom. The molecule has 0 aromatic carbocycles. The van der Waals surface area contributed by atoms with Gasteiger partial charge in [-0.05, 0) is 39.5 Å². The summed E-state index contributed by atoms with van der Waals surface area (Å²) in [5.74, 6) is 0.364. The summed E-state index contributed by atoms with van der Waals surface area (Å²) in [4.78, 5) is 0. The predicted molar refractivity (Wildman–Crippen MR) is 63.6 cm³/mol. The molecular formula is C11H24O3S. The Morgan fingerprint density at radius 2 is 1.67 bits per heavy atom. The zero-order valence-electron chi connectivity index (χ0n) is 10.4. The van der Waals surface area contributed by atoms with Gasteiger partial charge in [-0.15, -0.1) is 0 Å². The molecule has 1 N–H and O–H groups in total. The van der Waals surface area contributed by atoms with Gasteiger partial charge in [-0.25, -0.2) is 8.42 Å². The first kappa shape index (κ1) is 14.9. The quantitative estimate of drug-likeness (QED) is 0.794. The van der Waals surface area contributed by atoms with Crippen molar-refractivity contribution in [3.05, 3.63) is 0 Å². The summed E-state index contributed by atoms with van der Waals surface area (Å²) >= 11 is 0. The van der Waals surface area contributed by atoms with E-state index in [0.29, 0.717) is 12.8 Å². The molecule has 15 heavy (non-hydrogen) atoms. The van der Waals surface area contributed by atoms with Gasteiger partial charge in [-0.3, -0.25) is 0 Å². The molecule has 92 valence electrons. The zero-order valence-corrected chi connectivity index (χ0v) is 11.3. The summed E-state index contributed by atoms with van der Waals surface area (Å²) in [6, 6.07) is 0. The van der Waals surface area contributed by atoms with Crippen molar-refractivity contribution in [3.8, 4) is 0 Å². The van der Waals surface area contributed by atoms with Crippen molar-refractivity contribution in [1.82, 2.24) is 0 Å². The van der Waals surface area contributed by atoms with E-state index in [9.17, 15) is 13.5 Å². The molecule has 4 heteroatoms. The molecule has 0 rings (SSSR count). The Bertz CT molecular complexity index is 273. The molecule has 0 aromatic heterocycles. The van der Waals surface area contributed by atoms with E-state index in [1.54, 1.807) is 20.8 Å². The highest BCUT2D eigenvalue weighted by Gasteiger charge is 2.28. The number of aliphatic hydroxyl groups is 1. The fourth-order valence-electron chi connectivity index (χ4n) is 1.12. The average molecular weight is 236 g/mol. The summed E-state index contributed by atoms with van der Waals surface area (Å²) in [6.07, 6.45) is 0.714. The number of hydrogen-bond donors (Lipinski definition) is 1. The van der Waals surface area contributed by atoms with Crippen molar-refractivity contribution in [2.75, 3.05) is 5.75 Å². The molecule has 0 aromatic rings. The van der Waals surface area contributed by atoms with Crippen LogP contribution < -0.4 is 0 Å². The molecule has 0 aliphatic heterocycles. The molecular weight excluding hydrogens is 212 g/mol. The Balaban J connectivity index is 4.09. The van der Waals surface area contributed by atoms with Gasteiger partial charge < -0.3 is 5.11 Å². The second kappa shape index (κ2) is 5.30. The molecule has 1 atom stereocenters. The normalized spacial score (nSPS) is 15.7. The lowest BCUT2D eigenvalue weighted by atomic mass is 10.0. The maximum absolute atomic E-state index is 11.7. The van der Waals surface area contributed by atoms with E-state index in [-0.39, 0.29) is 17.8 Å². The van der Waals surface area contributed by atoms with E-state index in [0.717, 1.165) is 0 Å². The lowest BCUT2D eigenvalue weighted by Gasteiger charge is -2.20. The third-order valence-electron chi connectivity index (χ3n) is 2.62. The highest BCUT2D eigenvalue weighted by molar-refractivity contribution is 7.92. The fourth-order valence-corrected chi connectivity index (χ4v) is 2.28. The van der Waals surface area contributed by atoms with Crippen molar-refractivity contribution < 1.29 is 13.5 Å². The lowest BCUT2D eigenvalue weighted by molar-refractivity contribution is 0.115. The minimum Gasteiger partial charge on any atom is -0.393 e. The number of rotatable bonds is 5. The van der Waals surface area contributed by atoms with Gasteiger partial charge in [0.05, 0.1) is 16.6 Å². The van der Waals surface area contributed by atoms with Crippen LogP contribution in [0.2, 0.25) is 0 Å². The van der Waals surface area contributed by atoms with Crippen LogP contribution in [0.15, 0.2) is 0 Å². The Hall–Kier alpha value is -0.0900. The van der Waals surface area contributed by atoms with Crippen LogP contribution in [-0.2, 0) is 9.84 Å². The second-order valence-corrected chi connectivity index (χ2v) is 8.25. The summed E-state index contributed by atoms with van der Waals surface area (Å²) in [5.41, 5.74) is 0. The third-order valence-corrected chi connectivity index (χ3v) is 5.31. The molecule has 0 radical (unpaired) electrons. The molecule has 0 aliphatic rings. The van der Waals surface area contributed by atoms with Gasteiger partial charge in [0, 0.05) is 0 Å². The second-order valence-electron chi connectivity index (χ2n) is 5.38. The minimum atomic E-state index is -3.03. The molecule has 0 saturated carbocycles. The van der Waals surface area contributed by atoms with Gasteiger partial charge >= 0.3 is 0 Å². The van der Waals surface area contributed by atoms with E-state index in [1.807, 2.05) is 13.8 Å². The largest absolute Gasteiger partial charge is 0.393 e.